The van der Waals surface area contributed by atoms with Gasteiger partial charge in [0.2, 0.25) is 5.78 Å². The minimum absolute atomic E-state index is 0.283. The van der Waals surface area contributed by atoms with Crippen LogP contribution in [0, 0.1) is 19.7 Å². The van der Waals surface area contributed by atoms with Gasteiger partial charge >= 0.3 is 5.97 Å². The van der Waals surface area contributed by atoms with Crippen molar-refractivity contribution in [1.29, 1.82) is 0 Å². The highest BCUT2D eigenvalue weighted by molar-refractivity contribution is 6.00. The van der Waals surface area contributed by atoms with Gasteiger partial charge < -0.3 is 14.2 Å². The van der Waals surface area contributed by atoms with Crippen LogP contribution in [0.3, 0.4) is 0 Å². The first-order chi connectivity index (χ1) is 14.8. The molecule has 0 aliphatic carbocycles. The molecule has 0 aliphatic rings. The summed E-state index contributed by atoms with van der Waals surface area (Å²) in [6, 6.07) is 15.0. The first-order valence-electron chi connectivity index (χ1n) is 10.4. The summed E-state index contributed by atoms with van der Waals surface area (Å²) in [5.74, 6) is -1.14. The van der Waals surface area contributed by atoms with Gasteiger partial charge in [0.25, 0.3) is 0 Å². The van der Waals surface area contributed by atoms with Crippen LogP contribution in [0.1, 0.15) is 46.0 Å². The first-order valence-corrected chi connectivity index (χ1v) is 10.4. The van der Waals surface area contributed by atoms with Crippen LogP contribution < -0.4 is 4.90 Å². The normalized spacial score (nSPS) is 10.7. The quantitative estimate of drug-likeness (QED) is 0.374. The van der Waals surface area contributed by atoms with Crippen molar-refractivity contribution in [3.63, 3.8) is 0 Å². The number of Topliss-reactive ketones (excluding diaryl/α,β-unsaturated/α-hetero) is 1. The van der Waals surface area contributed by atoms with Crippen molar-refractivity contribution in [3.05, 3.63) is 82.9 Å². The maximum atomic E-state index is 13.2. The van der Waals surface area contributed by atoms with Gasteiger partial charge in [-0.15, -0.1) is 0 Å². The van der Waals surface area contributed by atoms with E-state index in [1.807, 2.05) is 30.5 Å². The standard InChI is InChI=1S/C25H27FN2O3/c1-5-27(6-2)21-11-7-19(8-12-21)25(30)31-16-24(29)23-15-17(3)28(18(23)4)22-13-9-20(26)10-14-22/h7-15H,5-6,16H2,1-4H3. The maximum Gasteiger partial charge on any atom is 0.338 e. The van der Waals surface area contributed by atoms with Gasteiger partial charge in [0.1, 0.15) is 5.82 Å². The fourth-order valence-corrected chi connectivity index (χ4v) is 3.72. The van der Waals surface area contributed by atoms with Gasteiger partial charge in [-0.2, -0.15) is 0 Å². The number of benzene rings is 2. The molecule has 0 aliphatic heterocycles. The molecule has 162 valence electrons. The van der Waals surface area contributed by atoms with E-state index in [4.69, 9.17) is 4.74 Å². The van der Waals surface area contributed by atoms with E-state index in [9.17, 15) is 14.0 Å². The molecule has 0 saturated carbocycles. The monoisotopic (exact) mass is 422 g/mol. The van der Waals surface area contributed by atoms with E-state index in [2.05, 4.69) is 18.7 Å². The van der Waals surface area contributed by atoms with E-state index in [0.29, 0.717) is 16.8 Å². The van der Waals surface area contributed by atoms with Crippen molar-refractivity contribution in [2.45, 2.75) is 27.7 Å². The summed E-state index contributed by atoms with van der Waals surface area (Å²) in [4.78, 5) is 27.3. The third-order valence-electron chi connectivity index (χ3n) is 5.38. The van der Waals surface area contributed by atoms with Gasteiger partial charge in [-0.1, -0.05) is 0 Å². The van der Waals surface area contributed by atoms with Crippen LogP contribution >= 0.6 is 0 Å². The topological polar surface area (TPSA) is 51.5 Å². The molecule has 2 aromatic carbocycles. The average molecular weight is 423 g/mol. The minimum atomic E-state index is -0.535. The zero-order valence-electron chi connectivity index (χ0n) is 18.3. The lowest BCUT2D eigenvalue weighted by Gasteiger charge is -2.20. The molecule has 0 bridgehead atoms. The lowest BCUT2D eigenvalue weighted by atomic mass is 10.1. The Morgan fingerprint density at radius 3 is 2.16 bits per heavy atom. The smallest absolute Gasteiger partial charge is 0.338 e. The van der Waals surface area contributed by atoms with Crippen LogP contribution in [0.4, 0.5) is 10.1 Å². The molecule has 3 rings (SSSR count). The molecule has 0 saturated heterocycles. The van der Waals surface area contributed by atoms with Gasteiger partial charge in [-0.05, 0) is 82.3 Å². The molecule has 0 atom stereocenters. The number of rotatable bonds is 8. The number of ether oxygens (including phenoxy) is 1. The Kier molecular flexibility index (Phi) is 6.90. The number of aromatic nitrogens is 1. The summed E-state index contributed by atoms with van der Waals surface area (Å²) >= 11 is 0. The second-order valence-electron chi connectivity index (χ2n) is 7.32. The summed E-state index contributed by atoms with van der Waals surface area (Å²) in [5, 5.41) is 0. The molecule has 0 N–H and O–H groups in total. The number of aryl methyl sites for hydroxylation is 1. The van der Waals surface area contributed by atoms with E-state index in [1.54, 1.807) is 30.3 Å². The summed E-state index contributed by atoms with van der Waals surface area (Å²) in [6.45, 7) is 9.25. The Bertz CT molecular complexity index is 1070. The van der Waals surface area contributed by atoms with Crippen LogP contribution in [-0.2, 0) is 4.74 Å². The van der Waals surface area contributed by atoms with E-state index in [-0.39, 0.29) is 18.2 Å². The van der Waals surface area contributed by atoms with Crippen LogP contribution in [0.15, 0.2) is 54.6 Å². The molecule has 0 amide bonds. The van der Waals surface area contributed by atoms with Crippen molar-refractivity contribution in [3.8, 4) is 5.69 Å². The summed E-state index contributed by atoms with van der Waals surface area (Å²) < 4.78 is 20.4. The molecule has 31 heavy (non-hydrogen) atoms. The van der Waals surface area contributed by atoms with Gasteiger partial charge in [0.05, 0.1) is 5.56 Å². The van der Waals surface area contributed by atoms with Crippen LogP contribution in [0.25, 0.3) is 5.69 Å². The first kappa shape index (κ1) is 22.3. The fraction of sp³-hybridized carbons (Fsp3) is 0.280. The van der Waals surface area contributed by atoms with Gasteiger partial charge in [-0.3, -0.25) is 4.79 Å². The number of anilines is 1. The zero-order valence-corrected chi connectivity index (χ0v) is 18.3. The van der Waals surface area contributed by atoms with Crippen molar-refractivity contribution < 1.29 is 18.7 Å². The van der Waals surface area contributed by atoms with Crippen LogP contribution in [0.2, 0.25) is 0 Å². The number of hydrogen-bond donors (Lipinski definition) is 0. The minimum Gasteiger partial charge on any atom is -0.454 e. The van der Waals surface area contributed by atoms with Crippen LogP contribution in [-0.4, -0.2) is 36.0 Å². The highest BCUT2D eigenvalue weighted by Crippen LogP contribution is 2.22. The fourth-order valence-electron chi connectivity index (χ4n) is 3.72. The number of ketones is 1. The lowest BCUT2D eigenvalue weighted by Crippen LogP contribution is -2.21. The Morgan fingerprint density at radius 2 is 1.58 bits per heavy atom. The van der Waals surface area contributed by atoms with Crippen molar-refractivity contribution in [2.24, 2.45) is 0 Å². The van der Waals surface area contributed by atoms with E-state index in [1.165, 1.54) is 12.1 Å². The summed E-state index contributed by atoms with van der Waals surface area (Å²) in [5.41, 5.74) is 4.23. The molecule has 6 heteroatoms. The van der Waals surface area contributed by atoms with Gasteiger partial charge in [-0.25, -0.2) is 9.18 Å². The third-order valence-corrected chi connectivity index (χ3v) is 5.38. The summed E-state index contributed by atoms with van der Waals surface area (Å²) in [7, 11) is 0. The number of hydrogen-bond acceptors (Lipinski definition) is 4. The number of carbonyl (C=O) groups excluding carboxylic acids is 2. The highest BCUT2D eigenvalue weighted by atomic mass is 19.1. The Morgan fingerprint density at radius 1 is 0.968 bits per heavy atom. The summed E-state index contributed by atoms with van der Waals surface area (Å²) in [6.07, 6.45) is 0. The van der Waals surface area contributed by atoms with Crippen LogP contribution in [0.5, 0.6) is 0 Å². The number of carbonyl (C=O) groups is 2. The number of halogens is 1. The molecule has 0 radical (unpaired) electrons. The second-order valence-corrected chi connectivity index (χ2v) is 7.32. The molecular formula is C25H27FN2O3. The van der Waals surface area contributed by atoms with Crippen molar-refractivity contribution in [1.82, 2.24) is 4.57 Å². The predicted molar refractivity (Wildman–Crippen MR) is 120 cm³/mol. The van der Waals surface area contributed by atoms with E-state index in [0.717, 1.165) is 30.2 Å². The molecule has 0 unspecified atom stereocenters. The molecule has 3 aromatic rings. The average Bonchev–Trinajstić information content (AvgIpc) is 3.08. The Hall–Kier alpha value is -3.41. The molecule has 0 fully saturated rings. The van der Waals surface area contributed by atoms with E-state index >= 15 is 0 Å². The predicted octanol–water partition coefficient (Wildman–Crippen LogP) is 5.12. The lowest BCUT2D eigenvalue weighted by molar-refractivity contribution is 0.0474. The largest absolute Gasteiger partial charge is 0.454 e. The third kappa shape index (κ3) is 4.85. The maximum absolute atomic E-state index is 13.2. The molecule has 1 aromatic heterocycles. The Labute approximate surface area is 182 Å². The molecule has 5 nitrogen and oxygen atoms in total. The van der Waals surface area contributed by atoms with E-state index < -0.39 is 5.97 Å². The SMILES string of the molecule is CCN(CC)c1ccc(C(=O)OCC(=O)c2cc(C)n(-c3ccc(F)cc3)c2C)cc1. The highest BCUT2D eigenvalue weighted by Gasteiger charge is 2.19. The van der Waals surface area contributed by atoms with Gasteiger partial charge in [0, 0.05) is 41.4 Å². The number of nitrogens with zero attached hydrogens (tertiary/aromatic N) is 2. The molecule has 1 heterocycles. The Balaban J connectivity index is 1.69. The molecular weight excluding hydrogens is 395 g/mol. The second kappa shape index (κ2) is 9.60. The molecule has 0 spiro atoms. The zero-order chi connectivity index (χ0) is 22.5. The number of esters is 1. The van der Waals surface area contributed by atoms with Crippen molar-refractivity contribution in [2.75, 3.05) is 24.6 Å². The van der Waals surface area contributed by atoms with Gasteiger partial charge in [0.15, 0.2) is 6.61 Å². The van der Waals surface area contributed by atoms with Crippen molar-refractivity contribution >= 4 is 17.4 Å².